The summed E-state index contributed by atoms with van der Waals surface area (Å²) >= 11 is 0. The molecule has 2 N–H and O–H groups in total. The quantitative estimate of drug-likeness (QED) is 0.839. The molecule has 26 heavy (non-hydrogen) atoms. The van der Waals surface area contributed by atoms with Crippen molar-refractivity contribution < 1.29 is 9.53 Å². The third-order valence-corrected chi connectivity index (χ3v) is 6.69. The number of ether oxygens (including phenoxy) is 1. The van der Waals surface area contributed by atoms with E-state index in [1.807, 2.05) is 11.9 Å². The molecule has 7 heteroatoms. The van der Waals surface area contributed by atoms with E-state index >= 15 is 0 Å². The molecule has 0 saturated heterocycles. The fourth-order valence-electron chi connectivity index (χ4n) is 5.28. The first-order valence-corrected chi connectivity index (χ1v) is 9.83. The maximum absolute atomic E-state index is 13.2. The zero-order chi connectivity index (χ0) is 17.4. The molecule has 1 aromatic rings. The Labute approximate surface area is 161 Å². The van der Waals surface area contributed by atoms with E-state index < -0.39 is 0 Å². The minimum Gasteiger partial charge on any atom is -0.378 e. The second-order valence-electron chi connectivity index (χ2n) is 7.86. The fourth-order valence-corrected chi connectivity index (χ4v) is 5.28. The average Bonchev–Trinajstić information content (AvgIpc) is 3.08. The summed E-state index contributed by atoms with van der Waals surface area (Å²) in [5.74, 6) is 0.0612. The van der Waals surface area contributed by atoms with Crippen LogP contribution in [0.5, 0.6) is 0 Å². The minimum absolute atomic E-state index is 0. The molecule has 2 heterocycles. The second kappa shape index (κ2) is 7.87. The Morgan fingerprint density at radius 3 is 2.85 bits per heavy atom. The van der Waals surface area contributed by atoms with Crippen molar-refractivity contribution in [3.63, 3.8) is 0 Å². The van der Waals surface area contributed by atoms with Gasteiger partial charge in [0.1, 0.15) is 0 Å². The van der Waals surface area contributed by atoms with Crippen molar-refractivity contribution in [1.82, 2.24) is 20.4 Å². The number of H-pyrrole nitrogens is 1. The summed E-state index contributed by atoms with van der Waals surface area (Å²) in [7, 11) is 1.96. The maximum atomic E-state index is 13.2. The topological polar surface area (TPSA) is 70.2 Å². The van der Waals surface area contributed by atoms with Crippen LogP contribution in [-0.4, -0.2) is 53.3 Å². The van der Waals surface area contributed by atoms with Gasteiger partial charge in [-0.25, -0.2) is 0 Å². The van der Waals surface area contributed by atoms with E-state index in [1.165, 1.54) is 32.1 Å². The SMILES string of the molecule is CCOC1CC(N(C)C(=O)c2n[nH]c3c2CNCC3)C12CCCCC2.Cl. The second-order valence-corrected chi connectivity index (χ2v) is 7.86. The molecule has 4 rings (SSSR count). The molecule has 0 aromatic carbocycles. The van der Waals surface area contributed by atoms with Gasteiger partial charge in [-0.05, 0) is 26.2 Å². The molecule has 0 radical (unpaired) electrons. The molecule has 6 nitrogen and oxygen atoms in total. The van der Waals surface area contributed by atoms with E-state index in [0.29, 0.717) is 11.8 Å². The van der Waals surface area contributed by atoms with Crippen molar-refractivity contribution >= 4 is 18.3 Å². The fraction of sp³-hybridized carbons (Fsp3) is 0.789. The number of carbonyl (C=O) groups is 1. The number of fused-ring (bicyclic) bond motifs is 1. The van der Waals surface area contributed by atoms with Crippen molar-refractivity contribution in [1.29, 1.82) is 0 Å². The zero-order valence-electron chi connectivity index (χ0n) is 15.8. The van der Waals surface area contributed by atoms with Crippen molar-refractivity contribution in [2.24, 2.45) is 5.41 Å². The lowest BCUT2D eigenvalue weighted by molar-refractivity contribution is -0.170. The minimum atomic E-state index is 0. The van der Waals surface area contributed by atoms with Gasteiger partial charge in [-0.3, -0.25) is 9.89 Å². The Hall–Kier alpha value is -1.11. The first-order chi connectivity index (χ1) is 12.2. The molecule has 2 atom stereocenters. The molecule has 2 fully saturated rings. The Kier molecular flexibility index (Phi) is 5.94. The van der Waals surface area contributed by atoms with Gasteiger partial charge < -0.3 is 15.0 Å². The summed E-state index contributed by atoms with van der Waals surface area (Å²) in [4.78, 5) is 15.1. The predicted octanol–water partition coefficient (Wildman–Crippen LogP) is 2.68. The average molecular weight is 383 g/mol. The Morgan fingerprint density at radius 2 is 2.12 bits per heavy atom. The van der Waals surface area contributed by atoms with Crippen molar-refractivity contribution in [3.8, 4) is 0 Å². The molecular weight excluding hydrogens is 352 g/mol. The van der Waals surface area contributed by atoms with Gasteiger partial charge in [-0.1, -0.05) is 19.3 Å². The van der Waals surface area contributed by atoms with E-state index in [0.717, 1.165) is 43.8 Å². The predicted molar refractivity (Wildman–Crippen MR) is 103 cm³/mol. The summed E-state index contributed by atoms with van der Waals surface area (Å²) in [5.41, 5.74) is 2.94. The van der Waals surface area contributed by atoms with Gasteiger partial charge in [0.05, 0.1) is 6.10 Å². The summed E-state index contributed by atoms with van der Waals surface area (Å²) < 4.78 is 6.04. The third-order valence-electron chi connectivity index (χ3n) is 6.69. The lowest BCUT2D eigenvalue weighted by atomic mass is 9.54. The number of nitrogens with zero attached hydrogens (tertiary/aromatic N) is 2. The first kappa shape index (κ1) is 19.6. The molecule has 2 unspecified atom stereocenters. The first-order valence-electron chi connectivity index (χ1n) is 9.83. The molecule has 1 spiro atoms. The van der Waals surface area contributed by atoms with Crippen LogP contribution in [0.15, 0.2) is 0 Å². The molecule has 146 valence electrons. The summed E-state index contributed by atoms with van der Waals surface area (Å²) in [5, 5.41) is 10.8. The Morgan fingerprint density at radius 1 is 1.35 bits per heavy atom. The number of rotatable bonds is 4. The summed E-state index contributed by atoms with van der Waals surface area (Å²) in [6, 6.07) is 0.278. The van der Waals surface area contributed by atoms with Gasteiger partial charge >= 0.3 is 0 Å². The number of amides is 1. The van der Waals surface area contributed by atoms with Crippen molar-refractivity contribution in [2.75, 3.05) is 20.2 Å². The number of aromatic nitrogens is 2. The van der Waals surface area contributed by atoms with Gasteiger partial charge in [-0.15, -0.1) is 12.4 Å². The van der Waals surface area contributed by atoms with Crippen LogP contribution in [0.1, 0.15) is 67.2 Å². The highest BCUT2D eigenvalue weighted by molar-refractivity contribution is 5.94. The zero-order valence-corrected chi connectivity index (χ0v) is 16.7. The van der Waals surface area contributed by atoms with Crippen LogP contribution < -0.4 is 5.32 Å². The Balaban J connectivity index is 0.00000196. The molecule has 2 saturated carbocycles. The monoisotopic (exact) mass is 382 g/mol. The van der Waals surface area contributed by atoms with Crippen molar-refractivity contribution in [3.05, 3.63) is 17.0 Å². The Bertz CT molecular complexity index is 641. The highest BCUT2D eigenvalue weighted by atomic mass is 35.5. The molecule has 1 aliphatic heterocycles. The van der Waals surface area contributed by atoms with Crippen LogP contribution in [0.3, 0.4) is 0 Å². The molecule has 1 aromatic heterocycles. The van der Waals surface area contributed by atoms with Crippen LogP contribution in [0, 0.1) is 5.41 Å². The van der Waals surface area contributed by atoms with Gasteiger partial charge in [-0.2, -0.15) is 5.10 Å². The van der Waals surface area contributed by atoms with E-state index in [-0.39, 0.29) is 29.8 Å². The lowest BCUT2D eigenvalue weighted by Gasteiger charge is -2.60. The van der Waals surface area contributed by atoms with Crippen LogP contribution in [0.2, 0.25) is 0 Å². The van der Waals surface area contributed by atoms with Gasteiger partial charge in [0.25, 0.3) is 5.91 Å². The van der Waals surface area contributed by atoms with E-state index in [4.69, 9.17) is 4.74 Å². The van der Waals surface area contributed by atoms with Crippen LogP contribution in [0.4, 0.5) is 0 Å². The lowest BCUT2D eigenvalue weighted by Crippen LogP contribution is -2.65. The standard InChI is InChI=1S/C19H30N4O2.ClH/c1-3-25-16-11-15(19(16)8-5-4-6-9-19)23(2)18(24)17-13-12-20-10-7-14(13)21-22-17;/h15-16,20H,3-12H2,1-2H3,(H,21,22);1H. The van der Waals surface area contributed by atoms with Gasteiger partial charge in [0.15, 0.2) is 5.69 Å². The number of aromatic amines is 1. The number of carbonyl (C=O) groups excluding carboxylic acids is 1. The number of halogens is 1. The molecule has 1 amide bonds. The highest BCUT2D eigenvalue weighted by Crippen LogP contribution is 2.55. The van der Waals surface area contributed by atoms with Crippen molar-refractivity contribution in [2.45, 2.75) is 70.6 Å². The van der Waals surface area contributed by atoms with Gasteiger partial charge in [0.2, 0.25) is 0 Å². The summed E-state index contributed by atoms with van der Waals surface area (Å²) in [6.45, 7) is 4.51. The number of nitrogens with one attached hydrogen (secondary N) is 2. The molecule has 2 aliphatic carbocycles. The van der Waals surface area contributed by atoms with E-state index in [1.54, 1.807) is 0 Å². The van der Waals surface area contributed by atoms with E-state index in [2.05, 4.69) is 22.4 Å². The largest absolute Gasteiger partial charge is 0.378 e. The smallest absolute Gasteiger partial charge is 0.274 e. The van der Waals surface area contributed by atoms with Crippen LogP contribution >= 0.6 is 12.4 Å². The van der Waals surface area contributed by atoms with Crippen LogP contribution in [0.25, 0.3) is 0 Å². The van der Waals surface area contributed by atoms with E-state index in [9.17, 15) is 4.79 Å². The third kappa shape index (κ3) is 3.06. The number of hydrogen-bond acceptors (Lipinski definition) is 4. The van der Waals surface area contributed by atoms with Gasteiger partial charge in [0, 0.05) is 55.9 Å². The molecule has 0 bridgehead atoms. The maximum Gasteiger partial charge on any atom is 0.274 e. The number of hydrogen-bond donors (Lipinski definition) is 2. The normalized spacial score (nSPS) is 26.5. The highest BCUT2D eigenvalue weighted by Gasteiger charge is 2.58. The molecule has 3 aliphatic rings. The van der Waals surface area contributed by atoms with Crippen LogP contribution in [-0.2, 0) is 17.7 Å². The molecular formula is C19H31ClN4O2. The summed E-state index contributed by atoms with van der Waals surface area (Å²) in [6.07, 6.45) is 8.37.